The van der Waals surface area contributed by atoms with Gasteiger partial charge in [-0.1, -0.05) is 18.2 Å². The first kappa shape index (κ1) is 12.4. The van der Waals surface area contributed by atoms with Crippen LogP contribution in [-0.4, -0.2) is 39.2 Å². The van der Waals surface area contributed by atoms with Crippen molar-refractivity contribution in [3.05, 3.63) is 29.8 Å². The molecule has 1 aromatic carbocycles. The van der Waals surface area contributed by atoms with Crippen molar-refractivity contribution in [2.75, 3.05) is 26.9 Å². The van der Waals surface area contributed by atoms with Crippen molar-refractivity contribution in [1.82, 2.24) is 0 Å². The number of hydrogen-bond acceptors (Lipinski definition) is 5. The Morgan fingerprint density at radius 2 is 1.95 bits per heavy atom. The number of hydrogen-bond donors (Lipinski definition) is 0. The summed E-state index contributed by atoms with van der Waals surface area (Å²) in [5, 5.41) is 0. The molecule has 5 nitrogen and oxygen atoms in total. The van der Waals surface area contributed by atoms with E-state index in [0.29, 0.717) is 25.6 Å². The average Bonchev–Trinajstić information content (AvgIpc) is 3.07. The first-order valence-corrected chi connectivity index (χ1v) is 6.34. The monoisotopic (exact) mass is 264 g/mol. The molecule has 2 fully saturated rings. The molecule has 2 atom stereocenters. The molecule has 0 spiro atoms. The number of esters is 1. The maximum atomic E-state index is 12.0. The molecule has 0 aliphatic carbocycles. The van der Waals surface area contributed by atoms with Crippen LogP contribution in [0.1, 0.15) is 11.5 Å². The van der Waals surface area contributed by atoms with Gasteiger partial charge in [-0.2, -0.15) is 0 Å². The van der Waals surface area contributed by atoms with E-state index in [1.807, 2.05) is 24.3 Å². The minimum Gasteiger partial charge on any atom is -0.496 e. The van der Waals surface area contributed by atoms with Gasteiger partial charge in [0.2, 0.25) is 0 Å². The number of rotatable bonds is 3. The van der Waals surface area contributed by atoms with E-state index in [4.69, 9.17) is 18.9 Å². The van der Waals surface area contributed by atoms with Gasteiger partial charge in [-0.05, 0) is 6.07 Å². The Hall–Kier alpha value is -1.59. The Labute approximate surface area is 111 Å². The molecule has 0 unspecified atom stereocenters. The molecule has 0 amide bonds. The molecule has 5 heteroatoms. The van der Waals surface area contributed by atoms with Gasteiger partial charge in [-0.3, -0.25) is 4.79 Å². The molecule has 0 radical (unpaired) electrons. The van der Waals surface area contributed by atoms with E-state index in [9.17, 15) is 4.79 Å². The SMILES string of the molecule is COc1ccccc1[C@H]1C(=O)OC[C@@H]1C1OCCO1. The van der Waals surface area contributed by atoms with Crippen molar-refractivity contribution in [1.29, 1.82) is 0 Å². The van der Waals surface area contributed by atoms with Crippen LogP contribution in [0.25, 0.3) is 0 Å². The van der Waals surface area contributed by atoms with Gasteiger partial charge in [-0.15, -0.1) is 0 Å². The minimum atomic E-state index is -0.390. The summed E-state index contributed by atoms with van der Waals surface area (Å²) in [5.41, 5.74) is 0.830. The molecule has 102 valence electrons. The Balaban J connectivity index is 1.93. The topological polar surface area (TPSA) is 54.0 Å². The maximum absolute atomic E-state index is 12.0. The summed E-state index contributed by atoms with van der Waals surface area (Å²) in [7, 11) is 1.59. The summed E-state index contributed by atoms with van der Waals surface area (Å²) < 4.78 is 21.5. The van der Waals surface area contributed by atoms with Gasteiger partial charge in [0.1, 0.15) is 12.4 Å². The standard InChI is InChI=1S/C14H16O5/c1-16-11-5-3-2-4-9(11)12-10(8-19-13(12)15)14-17-6-7-18-14/h2-5,10,12,14H,6-8H2,1H3/t10-,12+/m0/s1. The van der Waals surface area contributed by atoms with Crippen molar-refractivity contribution in [3.8, 4) is 5.75 Å². The second-order valence-corrected chi connectivity index (χ2v) is 4.62. The zero-order chi connectivity index (χ0) is 13.2. The molecule has 2 saturated heterocycles. The molecule has 0 bridgehead atoms. The van der Waals surface area contributed by atoms with E-state index in [1.165, 1.54) is 0 Å². The molecule has 19 heavy (non-hydrogen) atoms. The molecule has 0 saturated carbocycles. The minimum absolute atomic E-state index is 0.119. The third-order valence-corrected chi connectivity index (χ3v) is 3.57. The fourth-order valence-electron chi connectivity index (χ4n) is 2.68. The first-order chi connectivity index (χ1) is 9.31. The zero-order valence-corrected chi connectivity index (χ0v) is 10.7. The second kappa shape index (κ2) is 5.19. The van der Waals surface area contributed by atoms with Gasteiger partial charge in [0.15, 0.2) is 6.29 Å². The maximum Gasteiger partial charge on any atom is 0.314 e. The Bertz CT molecular complexity index is 467. The number of carbonyl (C=O) groups excluding carboxylic acids is 1. The van der Waals surface area contributed by atoms with Crippen LogP contribution in [0, 0.1) is 5.92 Å². The van der Waals surface area contributed by atoms with Gasteiger partial charge in [0, 0.05) is 5.56 Å². The van der Waals surface area contributed by atoms with Gasteiger partial charge < -0.3 is 18.9 Å². The highest BCUT2D eigenvalue weighted by Crippen LogP contribution is 2.40. The Kier molecular flexibility index (Phi) is 3.40. The lowest BCUT2D eigenvalue weighted by Crippen LogP contribution is -2.28. The van der Waals surface area contributed by atoms with Crippen molar-refractivity contribution >= 4 is 5.97 Å². The molecule has 0 aromatic heterocycles. The zero-order valence-electron chi connectivity index (χ0n) is 10.7. The van der Waals surface area contributed by atoms with Crippen LogP contribution in [0.4, 0.5) is 0 Å². The molecule has 2 aliphatic heterocycles. The molecule has 2 aliphatic rings. The van der Waals surface area contributed by atoms with Crippen molar-refractivity contribution in [2.24, 2.45) is 5.92 Å². The van der Waals surface area contributed by atoms with Crippen LogP contribution in [0.3, 0.4) is 0 Å². The number of ether oxygens (including phenoxy) is 4. The van der Waals surface area contributed by atoms with E-state index < -0.39 is 0 Å². The summed E-state index contributed by atoms with van der Waals surface area (Å²) >= 11 is 0. The number of methoxy groups -OCH3 is 1. The number of para-hydroxylation sites is 1. The van der Waals surface area contributed by atoms with Crippen LogP contribution in [0.2, 0.25) is 0 Å². The number of cyclic esters (lactones) is 1. The molecular weight excluding hydrogens is 248 g/mol. The summed E-state index contributed by atoms with van der Waals surface area (Å²) in [6, 6.07) is 7.49. The number of carbonyl (C=O) groups is 1. The molecule has 2 heterocycles. The molecule has 0 N–H and O–H groups in total. The van der Waals surface area contributed by atoms with Crippen molar-refractivity contribution in [2.45, 2.75) is 12.2 Å². The van der Waals surface area contributed by atoms with E-state index in [2.05, 4.69) is 0 Å². The van der Waals surface area contributed by atoms with Crippen molar-refractivity contribution < 1.29 is 23.7 Å². The highest BCUT2D eigenvalue weighted by atomic mass is 16.7. The Morgan fingerprint density at radius 3 is 2.68 bits per heavy atom. The summed E-state index contributed by atoms with van der Waals surface area (Å²) in [5.74, 6) is -0.0616. The van der Waals surface area contributed by atoms with Crippen LogP contribution in [-0.2, 0) is 19.0 Å². The lowest BCUT2D eigenvalue weighted by Gasteiger charge is -2.21. The molecular formula is C14H16O5. The third-order valence-electron chi connectivity index (χ3n) is 3.57. The number of benzene rings is 1. The van der Waals surface area contributed by atoms with Crippen LogP contribution < -0.4 is 4.74 Å². The van der Waals surface area contributed by atoms with E-state index in [-0.39, 0.29) is 24.1 Å². The molecule has 1 aromatic rings. The lowest BCUT2D eigenvalue weighted by molar-refractivity contribution is -0.139. The van der Waals surface area contributed by atoms with Gasteiger partial charge >= 0.3 is 5.97 Å². The first-order valence-electron chi connectivity index (χ1n) is 6.34. The second-order valence-electron chi connectivity index (χ2n) is 4.62. The predicted molar refractivity (Wildman–Crippen MR) is 65.9 cm³/mol. The average molecular weight is 264 g/mol. The summed E-state index contributed by atoms with van der Waals surface area (Å²) in [6.07, 6.45) is -0.374. The summed E-state index contributed by atoms with van der Waals surface area (Å²) in [6.45, 7) is 1.45. The normalized spacial score (nSPS) is 27.5. The quantitative estimate of drug-likeness (QED) is 0.771. The molecule has 3 rings (SSSR count). The van der Waals surface area contributed by atoms with Crippen molar-refractivity contribution in [3.63, 3.8) is 0 Å². The smallest absolute Gasteiger partial charge is 0.314 e. The van der Waals surface area contributed by atoms with Gasteiger partial charge in [0.05, 0.1) is 32.2 Å². The van der Waals surface area contributed by atoms with Gasteiger partial charge in [0.25, 0.3) is 0 Å². The largest absolute Gasteiger partial charge is 0.496 e. The van der Waals surface area contributed by atoms with E-state index >= 15 is 0 Å². The van der Waals surface area contributed by atoms with Crippen LogP contribution in [0.15, 0.2) is 24.3 Å². The van der Waals surface area contributed by atoms with E-state index in [0.717, 1.165) is 5.56 Å². The van der Waals surface area contributed by atoms with Crippen LogP contribution >= 0.6 is 0 Å². The lowest BCUT2D eigenvalue weighted by atomic mass is 9.87. The van der Waals surface area contributed by atoms with E-state index in [1.54, 1.807) is 7.11 Å². The Morgan fingerprint density at radius 1 is 1.21 bits per heavy atom. The highest BCUT2D eigenvalue weighted by molar-refractivity contribution is 5.81. The predicted octanol–water partition coefficient (Wildman–Crippen LogP) is 1.32. The highest BCUT2D eigenvalue weighted by Gasteiger charge is 2.46. The summed E-state index contributed by atoms with van der Waals surface area (Å²) in [4.78, 5) is 12.0. The fraction of sp³-hybridized carbons (Fsp3) is 0.500. The fourth-order valence-corrected chi connectivity index (χ4v) is 2.68. The van der Waals surface area contributed by atoms with Crippen LogP contribution in [0.5, 0.6) is 5.75 Å². The van der Waals surface area contributed by atoms with Gasteiger partial charge in [-0.25, -0.2) is 0 Å². The third kappa shape index (κ3) is 2.19.